The summed E-state index contributed by atoms with van der Waals surface area (Å²) < 4.78 is 13.5. The van der Waals surface area contributed by atoms with Gasteiger partial charge in [-0.3, -0.25) is 0 Å². The molecule has 0 bridgehead atoms. The Kier molecular flexibility index (Phi) is 4.71. The Morgan fingerprint density at radius 3 is 2.33 bits per heavy atom. The molecule has 1 nitrogen and oxygen atoms in total. The number of hydrogen-bond acceptors (Lipinski definition) is 0. The number of aryl methyl sites for hydroxylation is 1. The second-order valence-electron chi connectivity index (χ2n) is 6.63. The van der Waals surface area contributed by atoms with E-state index in [1.807, 2.05) is 30.4 Å². The van der Waals surface area contributed by atoms with Gasteiger partial charge >= 0.3 is 0 Å². The number of hydrogen-bond donors (Lipinski definition) is 1. The number of aromatic nitrogens is 1. The van der Waals surface area contributed by atoms with E-state index >= 15 is 0 Å². The van der Waals surface area contributed by atoms with Gasteiger partial charge < -0.3 is 4.98 Å². The highest BCUT2D eigenvalue weighted by molar-refractivity contribution is 5.96. The lowest BCUT2D eigenvalue weighted by molar-refractivity contribution is 0.627. The van der Waals surface area contributed by atoms with Crippen molar-refractivity contribution in [1.29, 1.82) is 0 Å². The Bertz CT molecular complexity index is 1130. The zero-order valence-electron chi connectivity index (χ0n) is 15.1. The Morgan fingerprint density at radius 1 is 0.741 bits per heavy atom. The van der Waals surface area contributed by atoms with Crippen LogP contribution in [-0.2, 0) is 0 Å². The monoisotopic (exact) mass is 353 g/mol. The molecule has 4 rings (SSSR count). The predicted molar refractivity (Wildman–Crippen MR) is 114 cm³/mol. The molecular weight excluding hydrogens is 333 g/mol. The van der Waals surface area contributed by atoms with E-state index in [1.54, 1.807) is 6.07 Å². The number of para-hydroxylation sites is 1. The van der Waals surface area contributed by atoms with E-state index in [0.29, 0.717) is 0 Å². The molecule has 132 valence electrons. The van der Waals surface area contributed by atoms with Crippen LogP contribution in [0.5, 0.6) is 0 Å². The second kappa shape index (κ2) is 7.46. The zero-order valence-corrected chi connectivity index (χ0v) is 15.1. The van der Waals surface area contributed by atoms with Gasteiger partial charge in [0.2, 0.25) is 0 Å². The molecule has 0 aliphatic rings. The normalized spacial score (nSPS) is 11.8. The fourth-order valence-electron chi connectivity index (χ4n) is 3.14. The molecule has 1 N–H and O–H groups in total. The SMILES string of the molecule is Cc1ccc(/C=C/c2[nH]c3ccccc3c2/C=C/c2cccc(F)c2)cc1. The standard InChI is InChI=1S/C25H20FN/c1-18-9-11-19(12-10-18)14-16-25-23(22-7-2-3-8-24(22)27-25)15-13-20-5-4-6-21(26)17-20/h2-17,27H,1H3/b15-13+,16-14+. The van der Waals surface area contributed by atoms with Crippen molar-refractivity contribution in [1.82, 2.24) is 4.98 Å². The van der Waals surface area contributed by atoms with Crippen LogP contribution < -0.4 is 0 Å². The highest BCUT2D eigenvalue weighted by Crippen LogP contribution is 2.26. The Morgan fingerprint density at radius 2 is 1.52 bits per heavy atom. The third kappa shape index (κ3) is 3.90. The maximum atomic E-state index is 13.5. The van der Waals surface area contributed by atoms with Crippen LogP contribution in [0.25, 0.3) is 35.2 Å². The number of nitrogens with one attached hydrogen (secondary N) is 1. The smallest absolute Gasteiger partial charge is 0.123 e. The molecule has 1 heterocycles. The maximum Gasteiger partial charge on any atom is 0.123 e. The van der Waals surface area contributed by atoms with E-state index in [1.165, 1.54) is 17.7 Å². The van der Waals surface area contributed by atoms with Crippen LogP contribution in [0.4, 0.5) is 4.39 Å². The van der Waals surface area contributed by atoms with Gasteiger partial charge in [-0.25, -0.2) is 4.39 Å². The topological polar surface area (TPSA) is 15.8 Å². The number of H-pyrrole nitrogens is 1. The summed E-state index contributed by atoms with van der Waals surface area (Å²) in [7, 11) is 0. The van der Waals surface area contributed by atoms with Crippen LogP contribution in [0.1, 0.15) is 27.9 Å². The quantitative estimate of drug-likeness (QED) is 0.408. The van der Waals surface area contributed by atoms with Gasteiger partial charge in [-0.2, -0.15) is 0 Å². The minimum absolute atomic E-state index is 0.226. The minimum atomic E-state index is -0.226. The van der Waals surface area contributed by atoms with Crippen LogP contribution in [0.3, 0.4) is 0 Å². The molecule has 1 aromatic heterocycles. The van der Waals surface area contributed by atoms with Crippen LogP contribution in [-0.4, -0.2) is 4.98 Å². The van der Waals surface area contributed by atoms with Gasteiger partial charge in [0, 0.05) is 22.2 Å². The van der Waals surface area contributed by atoms with Gasteiger partial charge in [-0.05, 0) is 42.3 Å². The van der Waals surface area contributed by atoms with Crippen molar-refractivity contribution in [3.63, 3.8) is 0 Å². The number of benzene rings is 3. The Hall–Kier alpha value is -3.39. The Balaban J connectivity index is 1.74. The molecular formula is C25H20FN. The second-order valence-corrected chi connectivity index (χ2v) is 6.63. The number of aromatic amines is 1. The van der Waals surface area contributed by atoms with E-state index in [9.17, 15) is 4.39 Å². The molecule has 3 aromatic carbocycles. The minimum Gasteiger partial charge on any atom is -0.355 e. The van der Waals surface area contributed by atoms with Crippen LogP contribution in [0.2, 0.25) is 0 Å². The summed E-state index contributed by atoms with van der Waals surface area (Å²) >= 11 is 0. The molecule has 0 saturated heterocycles. The summed E-state index contributed by atoms with van der Waals surface area (Å²) in [5, 5.41) is 1.15. The third-order valence-electron chi connectivity index (χ3n) is 4.59. The first-order valence-electron chi connectivity index (χ1n) is 8.98. The van der Waals surface area contributed by atoms with Gasteiger partial charge in [0.15, 0.2) is 0 Å². The molecule has 0 unspecified atom stereocenters. The lowest BCUT2D eigenvalue weighted by atomic mass is 10.1. The molecule has 0 spiro atoms. The summed E-state index contributed by atoms with van der Waals surface area (Å²) in [5.74, 6) is -0.226. The maximum absolute atomic E-state index is 13.5. The van der Waals surface area contributed by atoms with Crippen molar-refractivity contribution in [2.24, 2.45) is 0 Å². The molecule has 4 aromatic rings. The first-order valence-corrected chi connectivity index (χ1v) is 8.98. The average Bonchev–Trinajstić information content (AvgIpc) is 3.03. The molecule has 2 heteroatoms. The first kappa shape index (κ1) is 17.0. The van der Waals surface area contributed by atoms with E-state index in [4.69, 9.17) is 0 Å². The van der Waals surface area contributed by atoms with E-state index in [2.05, 4.69) is 60.5 Å². The highest BCUT2D eigenvalue weighted by atomic mass is 19.1. The molecule has 0 fully saturated rings. The lowest BCUT2D eigenvalue weighted by Gasteiger charge is -1.98. The van der Waals surface area contributed by atoms with Crippen molar-refractivity contribution in [2.75, 3.05) is 0 Å². The van der Waals surface area contributed by atoms with Crippen molar-refractivity contribution < 1.29 is 4.39 Å². The first-order chi connectivity index (χ1) is 13.2. The number of halogens is 1. The molecule has 0 aliphatic heterocycles. The van der Waals surface area contributed by atoms with Gasteiger partial charge in [0.1, 0.15) is 5.82 Å². The van der Waals surface area contributed by atoms with Crippen molar-refractivity contribution in [2.45, 2.75) is 6.92 Å². The van der Waals surface area contributed by atoms with Gasteiger partial charge in [-0.15, -0.1) is 0 Å². The van der Waals surface area contributed by atoms with Crippen molar-refractivity contribution in [3.8, 4) is 0 Å². The summed E-state index contributed by atoms with van der Waals surface area (Å²) in [5.41, 5.74) is 6.45. The molecule has 0 atom stereocenters. The van der Waals surface area contributed by atoms with Crippen LogP contribution in [0.15, 0.2) is 72.8 Å². The largest absolute Gasteiger partial charge is 0.355 e. The summed E-state index contributed by atoms with van der Waals surface area (Å²) in [6.07, 6.45) is 8.18. The van der Waals surface area contributed by atoms with Gasteiger partial charge in [-0.1, -0.05) is 78.4 Å². The van der Waals surface area contributed by atoms with E-state index < -0.39 is 0 Å². The Labute approximate surface area is 158 Å². The lowest BCUT2D eigenvalue weighted by Crippen LogP contribution is -1.79. The summed E-state index contributed by atoms with van der Waals surface area (Å²) in [6, 6.07) is 23.3. The van der Waals surface area contributed by atoms with Gasteiger partial charge in [0.25, 0.3) is 0 Å². The molecule has 0 aliphatic carbocycles. The molecule has 0 amide bonds. The summed E-state index contributed by atoms with van der Waals surface area (Å²) in [6.45, 7) is 2.08. The molecule has 27 heavy (non-hydrogen) atoms. The average molecular weight is 353 g/mol. The summed E-state index contributed by atoms with van der Waals surface area (Å²) in [4.78, 5) is 3.48. The van der Waals surface area contributed by atoms with Crippen molar-refractivity contribution >= 4 is 35.2 Å². The highest BCUT2D eigenvalue weighted by Gasteiger charge is 2.06. The van der Waals surface area contributed by atoms with E-state index in [-0.39, 0.29) is 5.82 Å². The van der Waals surface area contributed by atoms with Crippen LogP contribution in [0, 0.1) is 12.7 Å². The number of fused-ring (bicyclic) bond motifs is 1. The van der Waals surface area contributed by atoms with Gasteiger partial charge in [0.05, 0.1) is 0 Å². The third-order valence-corrected chi connectivity index (χ3v) is 4.59. The number of rotatable bonds is 4. The predicted octanol–water partition coefficient (Wildman–Crippen LogP) is 6.96. The van der Waals surface area contributed by atoms with E-state index in [0.717, 1.165) is 33.3 Å². The van der Waals surface area contributed by atoms with Crippen LogP contribution >= 0.6 is 0 Å². The zero-order chi connectivity index (χ0) is 18.6. The fraction of sp³-hybridized carbons (Fsp3) is 0.0400. The fourth-order valence-corrected chi connectivity index (χ4v) is 3.14. The van der Waals surface area contributed by atoms with Crippen molar-refractivity contribution in [3.05, 3.63) is 107 Å². The molecule has 0 saturated carbocycles. The molecule has 0 radical (unpaired) electrons.